The van der Waals surface area contributed by atoms with Gasteiger partial charge >= 0.3 is 0 Å². The average Bonchev–Trinajstić information content (AvgIpc) is 3.30. The summed E-state index contributed by atoms with van der Waals surface area (Å²) in [5.41, 5.74) is 4.26. The number of aromatic nitrogens is 3. The largest absolute Gasteiger partial charge is 0.325 e. The van der Waals surface area contributed by atoms with Gasteiger partial charge in [-0.05, 0) is 54.8 Å². The van der Waals surface area contributed by atoms with Crippen LogP contribution in [0.1, 0.15) is 30.7 Å². The minimum atomic E-state index is -0.0562. The molecule has 1 amide bonds. The molecule has 0 spiro atoms. The molecule has 1 saturated heterocycles. The SMILES string of the molecule is O=C(CSc1nnc(CN2CCCCC2)n1Cc1ccccc1)Nc1ccc(-c2ccccc2)cc1. The van der Waals surface area contributed by atoms with E-state index in [1.807, 2.05) is 60.7 Å². The van der Waals surface area contributed by atoms with Gasteiger partial charge in [-0.1, -0.05) is 91.0 Å². The van der Waals surface area contributed by atoms with Crippen LogP contribution in [0.2, 0.25) is 0 Å². The molecule has 0 saturated carbocycles. The van der Waals surface area contributed by atoms with E-state index in [1.165, 1.54) is 36.6 Å². The number of rotatable bonds is 9. The van der Waals surface area contributed by atoms with Gasteiger partial charge in [0.15, 0.2) is 5.16 Å². The molecule has 3 aromatic carbocycles. The number of carbonyl (C=O) groups excluding carboxylic acids is 1. The summed E-state index contributed by atoms with van der Waals surface area (Å²) in [5, 5.41) is 12.8. The van der Waals surface area contributed by atoms with Crippen molar-refractivity contribution in [3.05, 3.63) is 96.3 Å². The molecule has 5 rings (SSSR count). The number of carbonyl (C=O) groups is 1. The number of thioether (sulfide) groups is 1. The predicted molar refractivity (Wildman–Crippen MR) is 146 cm³/mol. The Morgan fingerprint density at radius 3 is 2.17 bits per heavy atom. The molecule has 1 aromatic heterocycles. The van der Waals surface area contributed by atoms with E-state index < -0.39 is 0 Å². The fraction of sp³-hybridized carbons (Fsp3) is 0.276. The zero-order chi connectivity index (χ0) is 24.6. The number of anilines is 1. The van der Waals surface area contributed by atoms with Crippen molar-refractivity contribution in [3.63, 3.8) is 0 Å². The van der Waals surface area contributed by atoms with Gasteiger partial charge in [0.2, 0.25) is 5.91 Å². The number of nitrogens with one attached hydrogen (secondary N) is 1. The van der Waals surface area contributed by atoms with E-state index in [4.69, 9.17) is 0 Å². The summed E-state index contributed by atoms with van der Waals surface area (Å²) in [5.74, 6) is 1.18. The van der Waals surface area contributed by atoms with E-state index >= 15 is 0 Å². The lowest BCUT2D eigenvalue weighted by atomic mass is 10.1. The van der Waals surface area contributed by atoms with Crippen LogP contribution in [0.3, 0.4) is 0 Å². The second-order valence-electron chi connectivity index (χ2n) is 9.09. The van der Waals surface area contributed by atoms with Crippen molar-refractivity contribution in [2.75, 3.05) is 24.2 Å². The summed E-state index contributed by atoms with van der Waals surface area (Å²) in [6.45, 7) is 3.69. The van der Waals surface area contributed by atoms with Crippen LogP contribution in [0.5, 0.6) is 0 Å². The number of piperidine rings is 1. The Morgan fingerprint density at radius 1 is 0.778 bits per heavy atom. The summed E-state index contributed by atoms with van der Waals surface area (Å²) >= 11 is 1.44. The van der Waals surface area contributed by atoms with Gasteiger partial charge in [0.1, 0.15) is 5.82 Å². The van der Waals surface area contributed by atoms with Crippen LogP contribution < -0.4 is 5.32 Å². The molecular weight excluding hydrogens is 466 g/mol. The van der Waals surface area contributed by atoms with Crippen molar-refractivity contribution < 1.29 is 4.79 Å². The molecule has 0 atom stereocenters. The number of likely N-dealkylation sites (tertiary alicyclic amines) is 1. The molecule has 2 heterocycles. The van der Waals surface area contributed by atoms with Crippen LogP contribution in [0.4, 0.5) is 5.69 Å². The first kappa shape index (κ1) is 24.3. The number of hydrogen-bond donors (Lipinski definition) is 1. The topological polar surface area (TPSA) is 63.1 Å². The van der Waals surface area contributed by atoms with Crippen LogP contribution in [-0.4, -0.2) is 44.4 Å². The summed E-state index contributed by atoms with van der Waals surface area (Å²) in [6.07, 6.45) is 3.78. The summed E-state index contributed by atoms with van der Waals surface area (Å²) in [4.78, 5) is 15.2. The van der Waals surface area contributed by atoms with Crippen LogP contribution in [0.15, 0.2) is 90.1 Å². The fourth-order valence-electron chi connectivity index (χ4n) is 4.49. The molecule has 184 valence electrons. The van der Waals surface area contributed by atoms with Crippen LogP contribution in [-0.2, 0) is 17.9 Å². The van der Waals surface area contributed by atoms with E-state index in [0.29, 0.717) is 6.54 Å². The minimum Gasteiger partial charge on any atom is -0.325 e. The van der Waals surface area contributed by atoms with Gasteiger partial charge in [0, 0.05) is 5.69 Å². The van der Waals surface area contributed by atoms with Crippen LogP contribution >= 0.6 is 11.8 Å². The van der Waals surface area contributed by atoms with E-state index in [9.17, 15) is 4.79 Å². The van der Waals surface area contributed by atoms with E-state index in [0.717, 1.165) is 47.4 Å². The highest BCUT2D eigenvalue weighted by Gasteiger charge is 2.18. The van der Waals surface area contributed by atoms with Crippen molar-refractivity contribution >= 4 is 23.4 Å². The molecule has 1 aliphatic rings. The molecule has 1 N–H and O–H groups in total. The van der Waals surface area contributed by atoms with Gasteiger partial charge in [0.05, 0.1) is 18.8 Å². The molecule has 6 nitrogen and oxygen atoms in total. The first-order valence-electron chi connectivity index (χ1n) is 12.5. The second kappa shape index (κ2) is 12.0. The molecule has 36 heavy (non-hydrogen) atoms. The third kappa shape index (κ3) is 6.42. The van der Waals surface area contributed by atoms with Crippen molar-refractivity contribution in [2.24, 2.45) is 0 Å². The lowest BCUT2D eigenvalue weighted by Gasteiger charge is -2.26. The Kier molecular flexibility index (Phi) is 8.10. The van der Waals surface area contributed by atoms with Crippen LogP contribution in [0.25, 0.3) is 11.1 Å². The zero-order valence-electron chi connectivity index (χ0n) is 20.3. The number of nitrogens with zero attached hydrogens (tertiary/aromatic N) is 4. The fourth-order valence-corrected chi connectivity index (χ4v) is 5.25. The van der Waals surface area contributed by atoms with Gasteiger partial charge in [-0.15, -0.1) is 10.2 Å². The van der Waals surface area contributed by atoms with Crippen molar-refractivity contribution in [1.82, 2.24) is 19.7 Å². The molecule has 0 aliphatic carbocycles. The lowest BCUT2D eigenvalue weighted by Crippen LogP contribution is -2.30. The highest BCUT2D eigenvalue weighted by atomic mass is 32.2. The van der Waals surface area contributed by atoms with Gasteiger partial charge in [-0.3, -0.25) is 9.69 Å². The quantitative estimate of drug-likeness (QED) is 0.300. The average molecular weight is 498 g/mol. The second-order valence-corrected chi connectivity index (χ2v) is 10.0. The van der Waals surface area contributed by atoms with E-state index in [2.05, 4.69) is 49.2 Å². The standard InChI is InChI=1S/C29H31N5OS/c35-28(30-26-16-14-25(15-17-26)24-12-6-2-7-13-24)22-36-29-32-31-27(21-33-18-8-3-9-19-33)34(29)20-23-10-4-1-5-11-23/h1-2,4-7,10-17H,3,8-9,18-22H2,(H,30,35). The smallest absolute Gasteiger partial charge is 0.234 e. The highest BCUT2D eigenvalue weighted by molar-refractivity contribution is 7.99. The Bertz CT molecular complexity index is 1250. The monoisotopic (exact) mass is 497 g/mol. The van der Waals surface area contributed by atoms with Gasteiger partial charge in [0.25, 0.3) is 0 Å². The third-order valence-electron chi connectivity index (χ3n) is 6.40. The summed E-state index contributed by atoms with van der Waals surface area (Å²) in [7, 11) is 0. The minimum absolute atomic E-state index is 0.0562. The third-order valence-corrected chi connectivity index (χ3v) is 7.37. The maximum atomic E-state index is 12.7. The molecule has 4 aromatic rings. The van der Waals surface area contributed by atoms with Gasteiger partial charge < -0.3 is 9.88 Å². The first-order valence-corrected chi connectivity index (χ1v) is 13.5. The molecule has 1 fully saturated rings. The molecule has 0 unspecified atom stereocenters. The maximum Gasteiger partial charge on any atom is 0.234 e. The first-order chi connectivity index (χ1) is 17.7. The summed E-state index contributed by atoms with van der Waals surface area (Å²) in [6, 6.07) is 28.5. The predicted octanol–water partition coefficient (Wildman–Crippen LogP) is 5.71. The Balaban J connectivity index is 1.23. The van der Waals surface area contributed by atoms with Crippen LogP contribution in [0, 0.1) is 0 Å². The highest BCUT2D eigenvalue weighted by Crippen LogP contribution is 2.23. The van der Waals surface area contributed by atoms with Gasteiger partial charge in [-0.2, -0.15) is 0 Å². The molecule has 1 aliphatic heterocycles. The lowest BCUT2D eigenvalue weighted by molar-refractivity contribution is -0.113. The van der Waals surface area contributed by atoms with E-state index in [-0.39, 0.29) is 11.7 Å². The molecular formula is C29H31N5OS. The number of benzene rings is 3. The van der Waals surface area contributed by atoms with Crippen molar-refractivity contribution in [2.45, 2.75) is 37.5 Å². The van der Waals surface area contributed by atoms with E-state index in [1.54, 1.807) is 0 Å². The Labute approximate surface area is 216 Å². The molecule has 0 bridgehead atoms. The maximum absolute atomic E-state index is 12.7. The zero-order valence-corrected chi connectivity index (χ0v) is 21.2. The molecule has 7 heteroatoms. The summed E-state index contributed by atoms with van der Waals surface area (Å²) < 4.78 is 2.16. The van der Waals surface area contributed by atoms with Crippen molar-refractivity contribution in [3.8, 4) is 11.1 Å². The number of hydrogen-bond acceptors (Lipinski definition) is 5. The normalized spacial score (nSPS) is 14.0. The number of amides is 1. The Morgan fingerprint density at radius 2 is 1.44 bits per heavy atom. The van der Waals surface area contributed by atoms with Crippen molar-refractivity contribution in [1.29, 1.82) is 0 Å². The molecule has 0 radical (unpaired) electrons. The van der Waals surface area contributed by atoms with Gasteiger partial charge in [-0.25, -0.2) is 0 Å². The Hall–Kier alpha value is -3.42.